The molecule has 4 aromatic rings. The molecule has 0 atom stereocenters. The summed E-state index contributed by atoms with van der Waals surface area (Å²) in [6, 6.07) is 24.9. The molecular weight excluding hydrogens is 359 g/mol. The minimum atomic E-state index is -3.39. The fraction of sp³-hybridized carbons (Fsp3) is 0.0455. The summed E-state index contributed by atoms with van der Waals surface area (Å²) in [4.78, 5) is 12.8. The smallest absolute Gasteiger partial charge is 0.347 e. The molecule has 134 valence electrons. The Morgan fingerprint density at radius 2 is 1.41 bits per heavy atom. The molecule has 0 aliphatic rings. The summed E-state index contributed by atoms with van der Waals surface area (Å²) in [6.07, 6.45) is 0. The van der Waals surface area contributed by atoms with Crippen molar-refractivity contribution in [1.82, 2.24) is 0 Å². The van der Waals surface area contributed by atoms with Gasteiger partial charge in [0.15, 0.2) is 7.14 Å². The minimum absolute atomic E-state index is 0.153. The fourth-order valence-corrected chi connectivity index (χ4v) is 5.80. The normalized spacial score (nSPS) is 11.4. The Bertz CT molecular complexity index is 1150. The van der Waals surface area contributed by atoms with Crippen molar-refractivity contribution in [3.05, 3.63) is 95.3 Å². The van der Waals surface area contributed by atoms with E-state index in [-0.39, 0.29) is 5.30 Å². The van der Waals surface area contributed by atoms with Crippen molar-refractivity contribution in [3.8, 4) is 5.75 Å². The van der Waals surface area contributed by atoms with Crippen molar-refractivity contribution in [3.63, 3.8) is 0 Å². The maximum absolute atomic E-state index is 14.3. The third kappa shape index (κ3) is 2.98. The zero-order valence-corrected chi connectivity index (χ0v) is 15.6. The maximum atomic E-state index is 14.3. The number of fused-ring (bicyclic) bond motifs is 1. The van der Waals surface area contributed by atoms with Crippen LogP contribution in [0.5, 0.6) is 5.75 Å². The summed E-state index contributed by atoms with van der Waals surface area (Å²) in [6.45, 7) is 0. The van der Waals surface area contributed by atoms with E-state index in [0.29, 0.717) is 27.3 Å². The second-order valence-electron chi connectivity index (χ2n) is 6.10. The minimum Gasteiger partial charge on any atom is -0.497 e. The van der Waals surface area contributed by atoms with Crippen LogP contribution in [0.1, 0.15) is 0 Å². The highest BCUT2D eigenvalue weighted by Crippen LogP contribution is 2.41. The van der Waals surface area contributed by atoms with Crippen LogP contribution >= 0.6 is 7.14 Å². The van der Waals surface area contributed by atoms with Crippen LogP contribution in [0.25, 0.3) is 11.0 Å². The van der Waals surface area contributed by atoms with Gasteiger partial charge in [0.05, 0.1) is 7.11 Å². The van der Waals surface area contributed by atoms with E-state index < -0.39 is 12.8 Å². The van der Waals surface area contributed by atoms with Crippen LogP contribution in [0.15, 0.2) is 94.1 Å². The predicted molar refractivity (Wildman–Crippen MR) is 108 cm³/mol. The number of hydrogen-bond donors (Lipinski definition) is 0. The van der Waals surface area contributed by atoms with Crippen molar-refractivity contribution in [2.75, 3.05) is 7.11 Å². The van der Waals surface area contributed by atoms with E-state index in [1.54, 1.807) is 55.6 Å². The Morgan fingerprint density at radius 3 is 1.96 bits per heavy atom. The molecule has 0 aliphatic carbocycles. The molecule has 1 heterocycles. The monoisotopic (exact) mass is 376 g/mol. The first-order valence-electron chi connectivity index (χ1n) is 8.46. The van der Waals surface area contributed by atoms with E-state index in [1.807, 2.05) is 36.4 Å². The number of hydrogen-bond acceptors (Lipinski definition) is 4. The highest BCUT2D eigenvalue weighted by molar-refractivity contribution is 7.85. The standard InChI is InChI=1S/C22H17O4P/c1-25-17-12-13-20-16(14-17)15-21(22(23)26-20)27(24,18-8-4-2-5-9-18)19-10-6-3-7-11-19/h2-15H,1H3. The average Bonchev–Trinajstić information content (AvgIpc) is 2.73. The lowest BCUT2D eigenvalue weighted by Gasteiger charge is -2.19. The predicted octanol–water partition coefficient (Wildman–Crippen LogP) is 3.44. The Kier molecular flexibility index (Phi) is 4.43. The van der Waals surface area contributed by atoms with Crippen molar-refractivity contribution in [2.45, 2.75) is 0 Å². The van der Waals surface area contributed by atoms with Gasteiger partial charge >= 0.3 is 5.63 Å². The zero-order chi connectivity index (χ0) is 18.9. The van der Waals surface area contributed by atoms with Gasteiger partial charge in [-0.05, 0) is 24.3 Å². The highest BCUT2D eigenvalue weighted by atomic mass is 31.2. The summed E-state index contributed by atoms with van der Waals surface area (Å²) < 4.78 is 25.1. The Morgan fingerprint density at radius 1 is 0.815 bits per heavy atom. The Balaban J connectivity index is 2.05. The molecular formula is C22H17O4P. The van der Waals surface area contributed by atoms with Crippen molar-refractivity contribution < 1.29 is 13.7 Å². The van der Waals surface area contributed by atoms with Gasteiger partial charge in [0, 0.05) is 16.0 Å². The molecule has 0 spiro atoms. The molecule has 3 aromatic carbocycles. The van der Waals surface area contributed by atoms with Gasteiger partial charge in [-0.1, -0.05) is 60.7 Å². The maximum Gasteiger partial charge on any atom is 0.347 e. The molecule has 0 bridgehead atoms. The van der Waals surface area contributed by atoms with Crippen molar-refractivity contribution in [2.24, 2.45) is 0 Å². The number of methoxy groups -OCH3 is 1. The third-order valence-electron chi connectivity index (χ3n) is 4.50. The van der Waals surface area contributed by atoms with Gasteiger partial charge in [-0.25, -0.2) is 4.79 Å². The summed E-state index contributed by atoms with van der Waals surface area (Å²) in [5.41, 5.74) is -0.166. The van der Waals surface area contributed by atoms with Gasteiger partial charge in [-0.3, -0.25) is 0 Å². The molecule has 0 fully saturated rings. The zero-order valence-electron chi connectivity index (χ0n) is 14.7. The quantitative estimate of drug-likeness (QED) is 0.404. The van der Waals surface area contributed by atoms with Crippen molar-refractivity contribution >= 4 is 34.0 Å². The molecule has 0 aliphatic heterocycles. The van der Waals surface area contributed by atoms with Crippen LogP contribution in [0.4, 0.5) is 0 Å². The van der Waals surface area contributed by atoms with Crippen LogP contribution in [-0.4, -0.2) is 7.11 Å². The topological polar surface area (TPSA) is 56.5 Å². The van der Waals surface area contributed by atoms with Crippen LogP contribution in [0, 0.1) is 0 Å². The SMILES string of the molecule is COc1ccc2oc(=O)c(P(=O)(c3ccccc3)c3ccccc3)cc2c1. The molecule has 4 rings (SSSR count). The second kappa shape index (κ2) is 6.90. The van der Waals surface area contributed by atoms with Gasteiger partial charge in [-0.15, -0.1) is 0 Å². The van der Waals surface area contributed by atoms with Gasteiger partial charge in [0.1, 0.15) is 16.6 Å². The summed E-state index contributed by atoms with van der Waals surface area (Å²) in [5.74, 6) is 0.636. The largest absolute Gasteiger partial charge is 0.497 e. The van der Waals surface area contributed by atoms with E-state index in [9.17, 15) is 9.36 Å². The van der Waals surface area contributed by atoms with Gasteiger partial charge in [-0.2, -0.15) is 0 Å². The second-order valence-corrected chi connectivity index (χ2v) is 8.84. The van der Waals surface area contributed by atoms with Crippen LogP contribution in [0.2, 0.25) is 0 Å². The van der Waals surface area contributed by atoms with E-state index >= 15 is 0 Å². The molecule has 0 saturated heterocycles. The third-order valence-corrected chi connectivity index (χ3v) is 7.54. The molecule has 0 amide bonds. The molecule has 0 unspecified atom stereocenters. The van der Waals surface area contributed by atoms with E-state index in [1.165, 1.54) is 0 Å². The number of benzene rings is 3. The first kappa shape index (κ1) is 17.3. The Hall–Kier alpha value is -3.10. The molecule has 0 radical (unpaired) electrons. The molecule has 27 heavy (non-hydrogen) atoms. The lowest BCUT2D eigenvalue weighted by molar-refractivity contribution is 0.415. The van der Waals surface area contributed by atoms with Gasteiger partial charge in [0.2, 0.25) is 0 Å². The van der Waals surface area contributed by atoms with Gasteiger partial charge < -0.3 is 13.7 Å². The van der Waals surface area contributed by atoms with E-state index in [4.69, 9.17) is 9.15 Å². The van der Waals surface area contributed by atoms with Crippen LogP contribution in [0.3, 0.4) is 0 Å². The van der Waals surface area contributed by atoms with Crippen LogP contribution in [-0.2, 0) is 4.57 Å². The first-order valence-corrected chi connectivity index (χ1v) is 10.2. The lowest BCUT2D eigenvalue weighted by atomic mass is 10.2. The number of rotatable bonds is 4. The van der Waals surface area contributed by atoms with E-state index in [2.05, 4.69) is 0 Å². The number of ether oxygens (including phenoxy) is 1. The summed E-state index contributed by atoms with van der Waals surface area (Å²) in [7, 11) is -1.82. The first-order chi connectivity index (χ1) is 13.1. The average molecular weight is 376 g/mol. The van der Waals surface area contributed by atoms with E-state index in [0.717, 1.165) is 0 Å². The van der Waals surface area contributed by atoms with Crippen LogP contribution < -0.4 is 26.3 Å². The fourth-order valence-electron chi connectivity index (χ4n) is 3.14. The summed E-state index contributed by atoms with van der Waals surface area (Å²) >= 11 is 0. The summed E-state index contributed by atoms with van der Waals surface area (Å²) in [5, 5.41) is 1.99. The highest BCUT2D eigenvalue weighted by Gasteiger charge is 2.33. The van der Waals surface area contributed by atoms with Gasteiger partial charge in [0.25, 0.3) is 0 Å². The molecule has 0 N–H and O–H groups in total. The molecule has 4 nitrogen and oxygen atoms in total. The molecule has 5 heteroatoms. The lowest BCUT2D eigenvalue weighted by Crippen LogP contribution is -2.33. The molecule has 0 saturated carbocycles. The van der Waals surface area contributed by atoms with Crippen molar-refractivity contribution in [1.29, 1.82) is 0 Å². The Labute approximate surface area is 156 Å². The molecule has 1 aromatic heterocycles.